The second kappa shape index (κ2) is 16.4. The van der Waals surface area contributed by atoms with E-state index in [0.29, 0.717) is 0 Å². The van der Waals surface area contributed by atoms with E-state index < -0.39 is 0 Å². The van der Waals surface area contributed by atoms with E-state index in [4.69, 9.17) is 19.9 Å². The summed E-state index contributed by atoms with van der Waals surface area (Å²) in [5, 5.41) is 8.37. The molecule has 0 aliphatic carbocycles. The summed E-state index contributed by atoms with van der Waals surface area (Å²) in [6, 6.07) is 40.4. The Kier molecular flexibility index (Phi) is 10.2. The summed E-state index contributed by atoms with van der Waals surface area (Å²) < 4.78 is 0. The molecule has 0 aliphatic rings. The van der Waals surface area contributed by atoms with Gasteiger partial charge in [0.15, 0.2) is 0 Å². The molecule has 13 aromatic rings. The average Bonchev–Trinajstić information content (AvgIpc) is 3.34. The monoisotopic (exact) mass is 888 g/mol. The molecule has 0 saturated heterocycles. The zero-order valence-corrected chi connectivity index (χ0v) is 35.1. The van der Waals surface area contributed by atoms with E-state index in [-0.39, 0.29) is 19.5 Å². The third-order valence-corrected chi connectivity index (χ3v) is 10.9. The maximum absolute atomic E-state index is 5.21. The summed E-state index contributed by atoms with van der Waals surface area (Å²) in [7, 11) is 0. The molecule has 0 spiro atoms. The van der Waals surface area contributed by atoms with Gasteiger partial charge in [0.25, 0.3) is 0 Å². The Balaban J connectivity index is 0.000000130. The third-order valence-electron chi connectivity index (χ3n) is 10.9. The van der Waals surface area contributed by atoms with Crippen molar-refractivity contribution in [2.45, 2.75) is 19.8 Å². The Morgan fingerprint density at radius 3 is 0.935 bits per heavy atom. The Morgan fingerprint density at radius 1 is 0.290 bits per heavy atom. The van der Waals surface area contributed by atoms with Gasteiger partial charge in [-0.05, 0) is 79.2 Å². The number of pyridine rings is 8. The second-order valence-corrected chi connectivity index (χ2v) is 14.7. The van der Waals surface area contributed by atoms with Crippen LogP contribution in [-0.2, 0) is 25.9 Å². The Bertz CT molecular complexity index is 3600. The molecule has 13 rings (SSSR count). The first-order chi connectivity index (χ1) is 30.2. The molecular weight excluding hydrogens is 854 g/mol. The molecule has 11 heteroatoms. The van der Waals surface area contributed by atoms with Crippen LogP contribution in [0.25, 0.3) is 109 Å². The fourth-order valence-corrected chi connectivity index (χ4v) is 8.17. The van der Waals surface area contributed by atoms with Crippen LogP contribution in [0.2, 0.25) is 0 Å². The second-order valence-electron chi connectivity index (χ2n) is 14.7. The Hall–Kier alpha value is -7.62. The van der Waals surface area contributed by atoms with Gasteiger partial charge in [-0.3, -0.25) is 39.9 Å². The third kappa shape index (κ3) is 6.73. The Morgan fingerprint density at radius 2 is 0.581 bits per heavy atom. The standard InChI is InChI=1S/C27H18N6.2C12H8N2.Ru/c1-2-6-15-10-11-19-23(31-15)22-18(9-5-14-30-22)26-27(19)33-25-17-8-4-13-29-21(17)20-16(24(25)32-26)7-3-12-28-20;2*1-3-9-5-6-10-4-2-8-14-12(10)11(9)13-7-1;/h3-5,7-14H,2,6H2,1H3;2*1-8H;. The van der Waals surface area contributed by atoms with Crippen molar-refractivity contribution in [2.24, 2.45) is 0 Å². The van der Waals surface area contributed by atoms with Crippen LogP contribution in [0.15, 0.2) is 165 Å². The molecular formula is C51H34N10Ru. The minimum atomic E-state index is 0. The first-order valence-electron chi connectivity index (χ1n) is 20.2. The minimum Gasteiger partial charge on any atom is -0.254 e. The number of hydrogen-bond acceptors (Lipinski definition) is 10. The summed E-state index contributed by atoms with van der Waals surface area (Å²) in [4.78, 5) is 46.7. The van der Waals surface area contributed by atoms with Crippen molar-refractivity contribution < 1.29 is 19.5 Å². The Labute approximate surface area is 367 Å². The predicted octanol–water partition coefficient (Wildman–Crippen LogP) is 11.5. The summed E-state index contributed by atoms with van der Waals surface area (Å²) >= 11 is 0. The summed E-state index contributed by atoms with van der Waals surface area (Å²) in [5.74, 6) is 0. The van der Waals surface area contributed by atoms with Crippen molar-refractivity contribution in [3.8, 4) is 0 Å². The van der Waals surface area contributed by atoms with E-state index in [1.807, 2.05) is 60.8 Å². The SMILES string of the molecule is CCCc1ccc2c(n1)c1ncccc1c1nc3c4cccnc4c4ncccc4c3nc21.[Ru].c1cnc2c(c1)ccc1cccnc12.c1cnc2c(c1)ccc1cccnc12. The molecule has 9 aromatic heterocycles. The van der Waals surface area contributed by atoms with E-state index in [0.717, 1.165) is 128 Å². The smallest absolute Gasteiger partial charge is 0.0996 e. The van der Waals surface area contributed by atoms with Crippen LogP contribution in [-0.4, -0.2) is 49.8 Å². The zero-order chi connectivity index (χ0) is 40.7. The maximum Gasteiger partial charge on any atom is 0.0996 e. The molecule has 0 bridgehead atoms. The van der Waals surface area contributed by atoms with E-state index in [1.165, 1.54) is 0 Å². The van der Waals surface area contributed by atoms with Crippen LogP contribution in [0.5, 0.6) is 0 Å². The molecule has 0 radical (unpaired) electrons. The van der Waals surface area contributed by atoms with Crippen LogP contribution in [0, 0.1) is 0 Å². The van der Waals surface area contributed by atoms with Gasteiger partial charge < -0.3 is 0 Å². The van der Waals surface area contributed by atoms with Crippen LogP contribution in [0.1, 0.15) is 19.0 Å². The van der Waals surface area contributed by atoms with Gasteiger partial charge in [0.1, 0.15) is 0 Å². The normalized spacial score (nSPS) is 11.3. The van der Waals surface area contributed by atoms with Crippen molar-refractivity contribution in [3.63, 3.8) is 0 Å². The maximum atomic E-state index is 5.21. The van der Waals surface area contributed by atoms with Crippen LogP contribution in [0.3, 0.4) is 0 Å². The van der Waals surface area contributed by atoms with E-state index in [2.05, 4.69) is 104 Å². The van der Waals surface area contributed by atoms with Crippen molar-refractivity contribution in [3.05, 3.63) is 170 Å². The summed E-state index contributed by atoms with van der Waals surface area (Å²) in [6.07, 6.45) is 14.6. The van der Waals surface area contributed by atoms with Gasteiger partial charge in [-0.2, -0.15) is 0 Å². The number of hydrogen-bond donors (Lipinski definition) is 0. The first-order valence-corrected chi connectivity index (χ1v) is 20.2. The summed E-state index contributed by atoms with van der Waals surface area (Å²) in [6.45, 7) is 2.17. The van der Waals surface area contributed by atoms with Gasteiger partial charge in [0, 0.05) is 112 Å². The van der Waals surface area contributed by atoms with Crippen molar-refractivity contribution in [2.75, 3.05) is 0 Å². The molecule has 4 aromatic carbocycles. The average molecular weight is 888 g/mol. The first kappa shape index (κ1) is 38.6. The number of rotatable bonds is 2. The molecule has 0 fully saturated rings. The van der Waals surface area contributed by atoms with Gasteiger partial charge in [0.05, 0.1) is 66.2 Å². The fourth-order valence-electron chi connectivity index (χ4n) is 8.17. The number of fused-ring (bicyclic) bond motifs is 18. The van der Waals surface area contributed by atoms with Crippen molar-refractivity contribution in [1.82, 2.24) is 49.8 Å². The van der Waals surface area contributed by atoms with Gasteiger partial charge in [-0.1, -0.05) is 61.9 Å². The quantitative estimate of drug-likeness (QED) is 0.0939. The molecule has 62 heavy (non-hydrogen) atoms. The van der Waals surface area contributed by atoms with E-state index in [9.17, 15) is 0 Å². The minimum absolute atomic E-state index is 0. The van der Waals surface area contributed by atoms with E-state index >= 15 is 0 Å². The molecule has 296 valence electrons. The number of aryl methyl sites for hydroxylation is 1. The van der Waals surface area contributed by atoms with Crippen LogP contribution in [0.4, 0.5) is 0 Å². The van der Waals surface area contributed by atoms with Gasteiger partial charge in [0.2, 0.25) is 0 Å². The number of benzene rings is 4. The fraction of sp³-hybridized carbons (Fsp3) is 0.0588. The number of nitrogens with zero attached hydrogens (tertiary/aromatic N) is 10. The van der Waals surface area contributed by atoms with Crippen molar-refractivity contribution in [1.29, 1.82) is 0 Å². The van der Waals surface area contributed by atoms with Crippen molar-refractivity contribution >= 4 is 109 Å². The molecule has 0 aliphatic heterocycles. The van der Waals surface area contributed by atoms with Gasteiger partial charge >= 0.3 is 0 Å². The molecule has 9 heterocycles. The number of aromatic nitrogens is 10. The van der Waals surface area contributed by atoms with E-state index in [1.54, 1.807) is 37.2 Å². The van der Waals surface area contributed by atoms with Crippen LogP contribution >= 0.6 is 0 Å². The molecule has 0 atom stereocenters. The topological polar surface area (TPSA) is 129 Å². The zero-order valence-electron chi connectivity index (χ0n) is 33.3. The predicted molar refractivity (Wildman–Crippen MR) is 246 cm³/mol. The molecule has 0 saturated carbocycles. The van der Waals surface area contributed by atoms with Crippen LogP contribution < -0.4 is 0 Å². The van der Waals surface area contributed by atoms with Gasteiger partial charge in [-0.25, -0.2) is 9.97 Å². The van der Waals surface area contributed by atoms with Gasteiger partial charge in [-0.15, -0.1) is 0 Å². The molecule has 0 N–H and O–H groups in total. The molecule has 0 amide bonds. The summed E-state index contributed by atoms with van der Waals surface area (Å²) in [5.41, 5.74) is 11.7. The molecule has 10 nitrogen and oxygen atoms in total. The molecule has 0 unspecified atom stereocenters. The largest absolute Gasteiger partial charge is 0.254 e.